The zero-order valence-corrected chi connectivity index (χ0v) is 16.3. The van der Waals surface area contributed by atoms with Gasteiger partial charge in [-0.05, 0) is 36.3 Å². The fourth-order valence-electron chi connectivity index (χ4n) is 4.34. The highest BCUT2D eigenvalue weighted by Crippen LogP contribution is 2.32. The molecule has 0 radical (unpaired) electrons. The van der Waals surface area contributed by atoms with E-state index in [2.05, 4.69) is 44.3 Å². The topological polar surface area (TPSA) is 59.4 Å². The number of hydrogen-bond donors (Lipinski definition) is 1. The van der Waals surface area contributed by atoms with Crippen LogP contribution in [0.15, 0.2) is 24.3 Å². The second kappa shape index (κ2) is 7.68. The quantitative estimate of drug-likeness (QED) is 0.834. The highest BCUT2D eigenvalue weighted by Gasteiger charge is 2.29. The average Bonchev–Trinajstić information content (AvgIpc) is 3.47. The second-order valence-electron chi connectivity index (χ2n) is 8.25. The van der Waals surface area contributed by atoms with Crippen molar-refractivity contribution in [2.24, 2.45) is 5.92 Å². The molecule has 3 heterocycles. The van der Waals surface area contributed by atoms with Gasteiger partial charge in [0.2, 0.25) is 0 Å². The van der Waals surface area contributed by atoms with E-state index in [1.807, 2.05) is 0 Å². The summed E-state index contributed by atoms with van der Waals surface area (Å²) in [7, 11) is 0. The number of rotatable bonds is 6. The summed E-state index contributed by atoms with van der Waals surface area (Å²) in [4.78, 5) is 15.2. The molecule has 1 N–H and O–H groups in total. The summed E-state index contributed by atoms with van der Waals surface area (Å²) in [5.74, 6) is 0.679. The molecule has 3 aliphatic rings. The van der Waals surface area contributed by atoms with E-state index >= 15 is 0 Å². The summed E-state index contributed by atoms with van der Waals surface area (Å²) in [5, 5.41) is 7.77. The van der Waals surface area contributed by atoms with Gasteiger partial charge in [-0.3, -0.25) is 14.4 Å². The maximum atomic E-state index is 12.8. The third-order valence-corrected chi connectivity index (χ3v) is 6.16. The molecule has 1 fully saturated rings. The molecule has 148 valence electrons. The fraction of sp³-hybridized carbons (Fsp3) is 0.545. The molecule has 0 spiro atoms. The number of amides is 1. The van der Waals surface area contributed by atoms with Crippen LogP contribution in [0.5, 0.6) is 0 Å². The molecule has 1 saturated carbocycles. The van der Waals surface area contributed by atoms with Crippen LogP contribution in [0.1, 0.15) is 45.7 Å². The first-order valence-corrected chi connectivity index (χ1v) is 10.5. The van der Waals surface area contributed by atoms with Crippen LogP contribution in [0, 0.1) is 5.92 Å². The Bertz CT molecular complexity index is 871. The van der Waals surface area contributed by atoms with Gasteiger partial charge in [0, 0.05) is 50.4 Å². The minimum atomic E-state index is -0.0614. The molecule has 2 aliphatic heterocycles. The van der Waals surface area contributed by atoms with Crippen molar-refractivity contribution in [1.29, 1.82) is 0 Å². The van der Waals surface area contributed by atoms with Crippen LogP contribution in [0.2, 0.25) is 0 Å². The summed E-state index contributed by atoms with van der Waals surface area (Å²) < 4.78 is 7.69. The Morgan fingerprint density at radius 2 is 2.07 bits per heavy atom. The lowest BCUT2D eigenvalue weighted by Crippen LogP contribution is -2.38. The standard InChI is InChI=1S/C22H28N4O2/c27-22(23-9-11-25-10-7-17-3-1-2-4-18(17)14-25)21-19-15-28-12-8-20(19)26(24-21)13-16-5-6-16/h1-4,16H,5-15H2,(H,23,27). The van der Waals surface area contributed by atoms with Gasteiger partial charge >= 0.3 is 0 Å². The van der Waals surface area contributed by atoms with Crippen molar-refractivity contribution in [2.45, 2.75) is 45.4 Å². The molecule has 0 saturated heterocycles. The maximum Gasteiger partial charge on any atom is 0.272 e. The van der Waals surface area contributed by atoms with Gasteiger partial charge in [-0.1, -0.05) is 24.3 Å². The molecule has 6 heteroatoms. The molecule has 5 rings (SSSR count). The molecule has 1 aromatic heterocycles. The third-order valence-electron chi connectivity index (χ3n) is 6.16. The molecular weight excluding hydrogens is 352 g/mol. The van der Waals surface area contributed by atoms with Gasteiger partial charge in [0.25, 0.3) is 5.91 Å². The predicted molar refractivity (Wildman–Crippen MR) is 106 cm³/mol. The van der Waals surface area contributed by atoms with Crippen molar-refractivity contribution in [3.63, 3.8) is 0 Å². The molecular formula is C22H28N4O2. The first kappa shape index (κ1) is 17.9. The first-order valence-electron chi connectivity index (χ1n) is 10.5. The number of hydrogen-bond acceptors (Lipinski definition) is 4. The zero-order chi connectivity index (χ0) is 18.9. The van der Waals surface area contributed by atoms with Crippen molar-refractivity contribution in [2.75, 3.05) is 26.2 Å². The van der Waals surface area contributed by atoms with E-state index in [-0.39, 0.29) is 5.91 Å². The van der Waals surface area contributed by atoms with E-state index in [0.29, 0.717) is 18.8 Å². The molecule has 1 aromatic carbocycles. The second-order valence-corrected chi connectivity index (χ2v) is 8.25. The minimum absolute atomic E-state index is 0.0614. The molecule has 0 atom stereocenters. The minimum Gasteiger partial charge on any atom is -0.376 e. The van der Waals surface area contributed by atoms with Crippen LogP contribution in [-0.4, -0.2) is 46.8 Å². The Kier molecular flexibility index (Phi) is 4.91. The number of carbonyl (C=O) groups is 1. The molecule has 1 amide bonds. The monoisotopic (exact) mass is 380 g/mol. The molecule has 0 unspecified atom stereocenters. The molecule has 6 nitrogen and oxygen atoms in total. The summed E-state index contributed by atoms with van der Waals surface area (Å²) >= 11 is 0. The SMILES string of the molecule is O=C(NCCN1CCc2ccccc2C1)c1nn(CC2CC2)c2c1COCC2. The average molecular weight is 380 g/mol. The van der Waals surface area contributed by atoms with Crippen molar-refractivity contribution in [3.05, 3.63) is 52.3 Å². The Morgan fingerprint density at radius 3 is 2.93 bits per heavy atom. The first-order chi connectivity index (χ1) is 13.8. The summed E-state index contributed by atoms with van der Waals surface area (Å²) in [6.07, 6.45) is 4.51. The summed E-state index contributed by atoms with van der Waals surface area (Å²) in [6.45, 7) is 5.69. The highest BCUT2D eigenvalue weighted by atomic mass is 16.5. The van der Waals surface area contributed by atoms with E-state index < -0.39 is 0 Å². The Morgan fingerprint density at radius 1 is 1.21 bits per heavy atom. The van der Waals surface area contributed by atoms with E-state index in [4.69, 9.17) is 4.74 Å². The number of carbonyl (C=O) groups excluding carboxylic acids is 1. The van der Waals surface area contributed by atoms with Gasteiger partial charge in [-0.15, -0.1) is 0 Å². The molecule has 28 heavy (non-hydrogen) atoms. The van der Waals surface area contributed by atoms with Crippen LogP contribution >= 0.6 is 0 Å². The smallest absolute Gasteiger partial charge is 0.272 e. The Labute approximate surface area is 165 Å². The number of ether oxygens (including phenoxy) is 1. The third kappa shape index (κ3) is 3.71. The Balaban J connectivity index is 1.20. The lowest BCUT2D eigenvalue weighted by molar-refractivity contribution is 0.0919. The Hall–Kier alpha value is -2.18. The van der Waals surface area contributed by atoms with Gasteiger partial charge in [0.1, 0.15) is 0 Å². The number of nitrogens with one attached hydrogen (secondary N) is 1. The lowest BCUT2D eigenvalue weighted by atomic mass is 10.00. The number of fused-ring (bicyclic) bond motifs is 2. The van der Waals surface area contributed by atoms with Gasteiger partial charge in [-0.2, -0.15) is 5.10 Å². The van der Waals surface area contributed by atoms with Crippen LogP contribution in [0.4, 0.5) is 0 Å². The van der Waals surface area contributed by atoms with Crippen LogP contribution < -0.4 is 5.32 Å². The van der Waals surface area contributed by atoms with Gasteiger partial charge in [0.15, 0.2) is 5.69 Å². The van der Waals surface area contributed by atoms with Crippen LogP contribution in [0.25, 0.3) is 0 Å². The van der Waals surface area contributed by atoms with E-state index in [1.165, 1.54) is 29.7 Å². The molecule has 1 aliphatic carbocycles. The summed E-state index contributed by atoms with van der Waals surface area (Å²) in [6, 6.07) is 8.64. The number of aromatic nitrogens is 2. The van der Waals surface area contributed by atoms with Crippen LogP contribution in [-0.2, 0) is 37.3 Å². The normalized spacial score (nSPS) is 19.1. The lowest BCUT2D eigenvalue weighted by Gasteiger charge is -2.28. The van der Waals surface area contributed by atoms with E-state index in [0.717, 1.165) is 57.1 Å². The van der Waals surface area contributed by atoms with Gasteiger partial charge in [-0.25, -0.2) is 0 Å². The number of nitrogens with zero attached hydrogens (tertiary/aromatic N) is 3. The molecule has 2 aromatic rings. The highest BCUT2D eigenvalue weighted by molar-refractivity contribution is 5.94. The number of benzene rings is 1. The predicted octanol–water partition coefficient (Wildman–Crippen LogP) is 2.15. The van der Waals surface area contributed by atoms with Gasteiger partial charge < -0.3 is 10.1 Å². The van der Waals surface area contributed by atoms with Gasteiger partial charge in [0.05, 0.1) is 13.2 Å². The zero-order valence-electron chi connectivity index (χ0n) is 16.3. The fourth-order valence-corrected chi connectivity index (χ4v) is 4.34. The van der Waals surface area contributed by atoms with Crippen molar-refractivity contribution >= 4 is 5.91 Å². The maximum absolute atomic E-state index is 12.8. The van der Waals surface area contributed by atoms with Crippen LogP contribution in [0.3, 0.4) is 0 Å². The van der Waals surface area contributed by atoms with E-state index in [1.54, 1.807) is 0 Å². The summed E-state index contributed by atoms with van der Waals surface area (Å²) in [5.41, 5.74) is 5.63. The molecule has 0 bridgehead atoms. The largest absolute Gasteiger partial charge is 0.376 e. The van der Waals surface area contributed by atoms with Crippen molar-refractivity contribution in [3.8, 4) is 0 Å². The van der Waals surface area contributed by atoms with Crippen molar-refractivity contribution < 1.29 is 9.53 Å². The van der Waals surface area contributed by atoms with Crippen molar-refractivity contribution in [1.82, 2.24) is 20.0 Å². The van der Waals surface area contributed by atoms with E-state index in [9.17, 15) is 4.79 Å².